The third-order valence-electron chi connectivity index (χ3n) is 2.05. The van der Waals surface area contributed by atoms with E-state index in [4.69, 9.17) is 5.11 Å². The van der Waals surface area contributed by atoms with Gasteiger partial charge in [0.2, 0.25) is 0 Å². The van der Waals surface area contributed by atoms with Crippen LogP contribution in [0.3, 0.4) is 0 Å². The van der Waals surface area contributed by atoms with Gasteiger partial charge in [-0.05, 0) is 12.1 Å². The van der Waals surface area contributed by atoms with E-state index in [0.29, 0.717) is 5.69 Å². The summed E-state index contributed by atoms with van der Waals surface area (Å²) in [7, 11) is 0. The van der Waals surface area contributed by atoms with Gasteiger partial charge in [-0.1, -0.05) is 0 Å². The smallest absolute Gasteiger partial charge is 0.356 e. The number of carboxylic acid groups (broad SMARTS) is 1. The van der Waals surface area contributed by atoms with E-state index in [2.05, 4.69) is 20.3 Å². The van der Waals surface area contributed by atoms with Gasteiger partial charge >= 0.3 is 5.97 Å². The minimum atomic E-state index is -1.30. The number of carbonyl (C=O) groups excluding carboxylic acids is 1. The molecule has 0 aliphatic carbocycles. The SMILES string of the molecule is O=C(O)c1nccnc1C(=O)Nc1ccncc1. The van der Waals surface area contributed by atoms with E-state index >= 15 is 0 Å². The summed E-state index contributed by atoms with van der Waals surface area (Å²) in [6.07, 6.45) is 5.48. The summed E-state index contributed by atoms with van der Waals surface area (Å²) in [5, 5.41) is 11.4. The molecule has 0 saturated carbocycles. The molecule has 2 rings (SSSR count). The van der Waals surface area contributed by atoms with Crippen molar-refractivity contribution in [2.24, 2.45) is 0 Å². The Balaban J connectivity index is 2.27. The van der Waals surface area contributed by atoms with Crippen LogP contribution in [0.2, 0.25) is 0 Å². The van der Waals surface area contributed by atoms with E-state index < -0.39 is 11.9 Å². The molecule has 90 valence electrons. The Hall–Kier alpha value is -2.83. The molecule has 7 heteroatoms. The Labute approximate surface area is 102 Å². The monoisotopic (exact) mass is 244 g/mol. The second-order valence-electron chi connectivity index (χ2n) is 3.25. The van der Waals surface area contributed by atoms with Gasteiger partial charge < -0.3 is 10.4 Å². The van der Waals surface area contributed by atoms with E-state index in [0.717, 1.165) is 0 Å². The zero-order chi connectivity index (χ0) is 13.0. The molecule has 0 aromatic carbocycles. The van der Waals surface area contributed by atoms with Crippen LogP contribution in [0.25, 0.3) is 0 Å². The Morgan fingerprint density at radius 1 is 1.00 bits per heavy atom. The first-order chi connectivity index (χ1) is 8.68. The van der Waals surface area contributed by atoms with E-state index in [-0.39, 0.29) is 11.4 Å². The lowest BCUT2D eigenvalue weighted by atomic mass is 10.2. The number of rotatable bonds is 3. The molecular formula is C11H8N4O3. The van der Waals surface area contributed by atoms with Crippen molar-refractivity contribution in [2.45, 2.75) is 0 Å². The predicted octanol–water partition coefficient (Wildman–Crippen LogP) is 0.822. The number of amides is 1. The lowest BCUT2D eigenvalue weighted by Crippen LogP contribution is -2.19. The van der Waals surface area contributed by atoms with Crippen molar-refractivity contribution in [3.63, 3.8) is 0 Å². The number of pyridine rings is 1. The van der Waals surface area contributed by atoms with Crippen LogP contribution >= 0.6 is 0 Å². The third-order valence-corrected chi connectivity index (χ3v) is 2.05. The minimum Gasteiger partial charge on any atom is -0.476 e. The number of aromatic nitrogens is 3. The molecule has 2 aromatic rings. The fourth-order valence-corrected chi connectivity index (χ4v) is 1.29. The number of anilines is 1. The molecule has 0 spiro atoms. The van der Waals surface area contributed by atoms with Gasteiger partial charge in [0, 0.05) is 30.5 Å². The summed E-state index contributed by atoms with van der Waals surface area (Å²) >= 11 is 0. The summed E-state index contributed by atoms with van der Waals surface area (Å²) in [5.74, 6) is -1.94. The van der Waals surface area contributed by atoms with Crippen LogP contribution in [0.1, 0.15) is 21.0 Å². The highest BCUT2D eigenvalue weighted by atomic mass is 16.4. The number of hydrogen-bond acceptors (Lipinski definition) is 5. The maximum Gasteiger partial charge on any atom is 0.356 e. The lowest BCUT2D eigenvalue weighted by molar-refractivity contribution is 0.0685. The normalized spacial score (nSPS) is 9.78. The van der Waals surface area contributed by atoms with Crippen molar-refractivity contribution < 1.29 is 14.7 Å². The summed E-state index contributed by atoms with van der Waals surface area (Å²) in [6.45, 7) is 0. The molecule has 0 aliphatic rings. The number of carbonyl (C=O) groups is 2. The van der Waals surface area contributed by atoms with Gasteiger partial charge in [-0.25, -0.2) is 14.8 Å². The second-order valence-corrected chi connectivity index (χ2v) is 3.25. The molecule has 0 bridgehead atoms. The fourth-order valence-electron chi connectivity index (χ4n) is 1.29. The highest BCUT2D eigenvalue weighted by Gasteiger charge is 2.19. The Morgan fingerprint density at radius 3 is 2.22 bits per heavy atom. The van der Waals surface area contributed by atoms with E-state index in [1.165, 1.54) is 24.8 Å². The maximum atomic E-state index is 11.8. The second kappa shape index (κ2) is 5.00. The number of hydrogen-bond donors (Lipinski definition) is 2. The topological polar surface area (TPSA) is 105 Å². The molecule has 0 fully saturated rings. The summed E-state index contributed by atoms with van der Waals surface area (Å²) < 4.78 is 0. The lowest BCUT2D eigenvalue weighted by Gasteiger charge is -2.05. The van der Waals surface area contributed by atoms with E-state index in [1.807, 2.05) is 0 Å². The molecule has 0 aliphatic heterocycles. The molecule has 18 heavy (non-hydrogen) atoms. The molecule has 0 atom stereocenters. The highest BCUT2D eigenvalue weighted by molar-refractivity contribution is 6.08. The molecule has 0 saturated heterocycles. The first-order valence-electron chi connectivity index (χ1n) is 4.94. The summed E-state index contributed by atoms with van der Waals surface area (Å²) in [5.41, 5.74) is -0.122. The van der Waals surface area contributed by atoms with Crippen LogP contribution < -0.4 is 5.32 Å². The Kier molecular flexibility index (Phi) is 3.24. The van der Waals surface area contributed by atoms with Gasteiger partial charge in [0.1, 0.15) is 0 Å². The van der Waals surface area contributed by atoms with E-state index in [1.54, 1.807) is 12.1 Å². The van der Waals surface area contributed by atoms with Gasteiger partial charge in [-0.2, -0.15) is 0 Å². The zero-order valence-corrected chi connectivity index (χ0v) is 9.07. The molecule has 0 radical (unpaired) electrons. The van der Waals surface area contributed by atoms with E-state index in [9.17, 15) is 9.59 Å². The molecule has 2 heterocycles. The van der Waals surface area contributed by atoms with Crippen molar-refractivity contribution in [1.29, 1.82) is 0 Å². The molecule has 2 N–H and O–H groups in total. The maximum absolute atomic E-state index is 11.8. The van der Waals surface area contributed by atoms with Gasteiger partial charge in [0.05, 0.1) is 0 Å². The van der Waals surface area contributed by atoms with Gasteiger partial charge in [-0.15, -0.1) is 0 Å². The van der Waals surface area contributed by atoms with Crippen molar-refractivity contribution >= 4 is 17.6 Å². The standard InChI is InChI=1S/C11H8N4O3/c16-10(15-7-1-3-12-4-2-7)8-9(11(17)18)14-6-5-13-8/h1-6H,(H,17,18)(H,12,15,16). The van der Waals surface area contributed by atoms with Crippen LogP contribution in [-0.2, 0) is 0 Å². The number of carboxylic acids is 1. The number of nitrogens with one attached hydrogen (secondary N) is 1. The number of nitrogens with zero attached hydrogens (tertiary/aromatic N) is 3. The predicted molar refractivity (Wildman–Crippen MR) is 61.2 cm³/mol. The van der Waals surface area contributed by atoms with Crippen LogP contribution in [0.4, 0.5) is 5.69 Å². The molecule has 7 nitrogen and oxygen atoms in total. The van der Waals surface area contributed by atoms with Gasteiger partial charge in [0.15, 0.2) is 11.4 Å². The van der Waals surface area contributed by atoms with Crippen LogP contribution in [0.5, 0.6) is 0 Å². The van der Waals surface area contributed by atoms with Crippen LogP contribution in [-0.4, -0.2) is 31.9 Å². The van der Waals surface area contributed by atoms with Crippen molar-refractivity contribution in [1.82, 2.24) is 15.0 Å². The molecule has 1 amide bonds. The number of aromatic carboxylic acids is 1. The molecular weight excluding hydrogens is 236 g/mol. The van der Waals surface area contributed by atoms with Gasteiger partial charge in [0.25, 0.3) is 5.91 Å². The Morgan fingerprint density at radius 2 is 1.61 bits per heavy atom. The first kappa shape index (κ1) is 11.6. The average Bonchev–Trinajstić information content (AvgIpc) is 2.40. The fraction of sp³-hybridized carbons (Fsp3) is 0. The Bertz CT molecular complexity index is 586. The van der Waals surface area contributed by atoms with Gasteiger partial charge in [-0.3, -0.25) is 9.78 Å². The largest absolute Gasteiger partial charge is 0.476 e. The van der Waals surface area contributed by atoms with Crippen LogP contribution in [0.15, 0.2) is 36.9 Å². The quantitative estimate of drug-likeness (QED) is 0.828. The highest BCUT2D eigenvalue weighted by Crippen LogP contribution is 2.08. The van der Waals surface area contributed by atoms with Crippen molar-refractivity contribution in [3.05, 3.63) is 48.3 Å². The average molecular weight is 244 g/mol. The summed E-state index contributed by atoms with van der Waals surface area (Å²) in [4.78, 5) is 33.9. The van der Waals surface area contributed by atoms with Crippen molar-refractivity contribution in [2.75, 3.05) is 5.32 Å². The first-order valence-corrected chi connectivity index (χ1v) is 4.94. The van der Waals surface area contributed by atoms with Crippen molar-refractivity contribution in [3.8, 4) is 0 Å². The molecule has 0 unspecified atom stereocenters. The zero-order valence-electron chi connectivity index (χ0n) is 9.07. The molecule has 2 aromatic heterocycles. The summed E-state index contributed by atoms with van der Waals surface area (Å²) in [6, 6.07) is 3.16. The minimum absolute atomic E-state index is 0.234. The third kappa shape index (κ3) is 2.46. The van der Waals surface area contributed by atoms with Crippen LogP contribution in [0, 0.1) is 0 Å².